The van der Waals surface area contributed by atoms with Crippen LogP contribution in [0.2, 0.25) is 0 Å². The molecule has 3 rings (SSSR count). The van der Waals surface area contributed by atoms with Gasteiger partial charge in [-0.1, -0.05) is 94.2 Å². The molecule has 0 radical (unpaired) electrons. The van der Waals surface area contributed by atoms with Gasteiger partial charge in [0.1, 0.15) is 12.4 Å². The van der Waals surface area contributed by atoms with E-state index in [2.05, 4.69) is 101 Å². The van der Waals surface area contributed by atoms with Crippen LogP contribution in [0.25, 0.3) is 0 Å². The fourth-order valence-corrected chi connectivity index (χ4v) is 6.22. The molecule has 1 atom stereocenters. The second-order valence-corrected chi connectivity index (χ2v) is 10.6. The van der Waals surface area contributed by atoms with Gasteiger partial charge < -0.3 is 10.1 Å². The molecule has 1 N–H and O–H groups in total. The zero-order chi connectivity index (χ0) is 23.1. The molecule has 0 spiro atoms. The average molecular weight is 448 g/mol. The van der Waals surface area contributed by atoms with Crippen LogP contribution in [-0.4, -0.2) is 7.05 Å². The normalized spacial score (nSPS) is 11.9. The van der Waals surface area contributed by atoms with Crippen molar-refractivity contribution in [3.63, 3.8) is 0 Å². The maximum atomic E-state index is 6.55. The highest BCUT2D eigenvalue weighted by Crippen LogP contribution is 2.51. The lowest BCUT2D eigenvalue weighted by atomic mass is 9.89. The molecule has 0 saturated heterocycles. The first-order valence-electron chi connectivity index (χ1n) is 11.7. The minimum atomic E-state index is 0.0561. The summed E-state index contributed by atoms with van der Waals surface area (Å²) in [6, 6.07) is 22.0. The molecular weight excluding hydrogens is 409 g/mol. The summed E-state index contributed by atoms with van der Waals surface area (Å²) in [6.45, 7) is 12.7. The quantitative estimate of drug-likeness (QED) is 0.340. The molecule has 0 bridgehead atoms. The third kappa shape index (κ3) is 5.61. The Morgan fingerprint density at radius 3 is 2.25 bits per heavy atom. The van der Waals surface area contributed by atoms with Crippen molar-refractivity contribution in [2.75, 3.05) is 7.05 Å². The molecule has 170 valence electrons. The second-order valence-electron chi connectivity index (χ2n) is 8.84. The monoisotopic (exact) mass is 447 g/mol. The molecule has 0 amide bonds. The van der Waals surface area contributed by atoms with Crippen molar-refractivity contribution in [2.24, 2.45) is 0 Å². The summed E-state index contributed by atoms with van der Waals surface area (Å²) in [4.78, 5) is 0. The Hall–Kier alpha value is -2.15. The summed E-state index contributed by atoms with van der Waals surface area (Å²) in [7, 11) is 2.72. The SMILES string of the molecule is CCC(CC)(Pc1ccc(C)cc1CNC)c1cc(C)cc(C)c1OCc1ccccc1. The van der Waals surface area contributed by atoms with E-state index in [0.717, 1.165) is 25.1 Å². The number of ether oxygens (including phenoxy) is 1. The maximum absolute atomic E-state index is 6.55. The minimum Gasteiger partial charge on any atom is -0.488 e. The second kappa shape index (κ2) is 11.1. The van der Waals surface area contributed by atoms with Crippen molar-refractivity contribution in [1.29, 1.82) is 0 Å². The molecule has 0 fully saturated rings. The van der Waals surface area contributed by atoms with Gasteiger partial charge in [0.25, 0.3) is 0 Å². The Bertz CT molecular complexity index is 1020. The minimum absolute atomic E-state index is 0.0561. The van der Waals surface area contributed by atoms with E-state index in [-0.39, 0.29) is 5.16 Å². The summed E-state index contributed by atoms with van der Waals surface area (Å²) in [6.07, 6.45) is 2.17. The standard InChI is InChI=1S/C29H38NOP/c1-7-29(8-2,32-27-15-14-21(3)17-25(27)19-30-6)26-18-22(4)16-23(5)28(26)31-20-24-12-10-9-11-13-24/h9-18,30,32H,7-8,19-20H2,1-6H3. The summed E-state index contributed by atoms with van der Waals surface area (Å²) < 4.78 is 6.55. The Balaban J connectivity index is 2.05. The average Bonchev–Trinajstić information content (AvgIpc) is 2.79. The van der Waals surface area contributed by atoms with Crippen molar-refractivity contribution in [3.8, 4) is 5.75 Å². The van der Waals surface area contributed by atoms with E-state index in [1.165, 1.54) is 38.7 Å². The van der Waals surface area contributed by atoms with Crippen LogP contribution < -0.4 is 15.4 Å². The van der Waals surface area contributed by atoms with Gasteiger partial charge in [0.2, 0.25) is 0 Å². The van der Waals surface area contributed by atoms with Crippen LogP contribution in [0.3, 0.4) is 0 Å². The van der Waals surface area contributed by atoms with Crippen molar-refractivity contribution >= 4 is 13.9 Å². The van der Waals surface area contributed by atoms with E-state index in [1.807, 2.05) is 7.05 Å². The predicted octanol–water partition coefficient (Wildman–Crippen LogP) is 6.93. The maximum Gasteiger partial charge on any atom is 0.126 e. The third-order valence-corrected chi connectivity index (χ3v) is 8.58. The van der Waals surface area contributed by atoms with Gasteiger partial charge >= 0.3 is 0 Å². The number of hydrogen-bond donors (Lipinski definition) is 1. The van der Waals surface area contributed by atoms with Crippen LogP contribution in [0.1, 0.15) is 60.1 Å². The van der Waals surface area contributed by atoms with E-state index in [4.69, 9.17) is 4.74 Å². The largest absolute Gasteiger partial charge is 0.488 e. The Kier molecular flexibility index (Phi) is 8.51. The Labute approximate surface area is 196 Å². The molecule has 0 heterocycles. The van der Waals surface area contributed by atoms with E-state index in [1.54, 1.807) is 0 Å². The molecule has 0 aliphatic carbocycles. The number of aryl methyl sites for hydroxylation is 3. The Morgan fingerprint density at radius 1 is 0.875 bits per heavy atom. The van der Waals surface area contributed by atoms with Gasteiger partial charge in [-0.15, -0.1) is 0 Å². The van der Waals surface area contributed by atoms with Gasteiger partial charge in [-0.2, -0.15) is 0 Å². The third-order valence-electron chi connectivity index (χ3n) is 6.37. The van der Waals surface area contributed by atoms with Crippen LogP contribution in [0, 0.1) is 20.8 Å². The first kappa shape index (κ1) is 24.5. The number of hydrogen-bond acceptors (Lipinski definition) is 2. The lowest BCUT2D eigenvalue weighted by Gasteiger charge is -2.36. The van der Waals surface area contributed by atoms with E-state index >= 15 is 0 Å². The predicted molar refractivity (Wildman–Crippen MR) is 141 cm³/mol. The summed E-state index contributed by atoms with van der Waals surface area (Å²) in [5.41, 5.74) is 7.83. The molecule has 0 aliphatic rings. The summed E-state index contributed by atoms with van der Waals surface area (Å²) >= 11 is 0. The molecule has 3 aromatic carbocycles. The Morgan fingerprint density at radius 2 is 1.59 bits per heavy atom. The molecule has 3 aromatic rings. The highest BCUT2D eigenvalue weighted by Gasteiger charge is 2.33. The first-order valence-corrected chi connectivity index (χ1v) is 12.7. The molecule has 3 heteroatoms. The molecular formula is C29H38NOP. The zero-order valence-electron chi connectivity index (χ0n) is 20.5. The molecule has 1 unspecified atom stereocenters. The van der Waals surface area contributed by atoms with Gasteiger partial charge in [0, 0.05) is 17.3 Å². The van der Waals surface area contributed by atoms with E-state index in [9.17, 15) is 0 Å². The number of benzene rings is 3. The van der Waals surface area contributed by atoms with E-state index < -0.39 is 0 Å². The van der Waals surface area contributed by atoms with Crippen LogP contribution in [0.15, 0.2) is 60.7 Å². The van der Waals surface area contributed by atoms with Crippen molar-refractivity contribution < 1.29 is 4.74 Å². The number of nitrogens with one attached hydrogen (secondary N) is 1. The molecule has 0 aromatic heterocycles. The van der Waals surface area contributed by atoms with Crippen LogP contribution >= 0.6 is 8.58 Å². The fraction of sp³-hybridized carbons (Fsp3) is 0.379. The first-order chi connectivity index (χ1) is 15.4. The molecule has 0 saturated carbocycles. The highest BCUT2D eigenvalue weighted by molar-refractivity contribution is 7.48. The fourth-order valence-electron chi connectivity index (χ4n) is 4.55. The van der Waals surface area contributed by atoms with Crippen LogP contribution in [0.5, 0.6) is 5.75 Å². The van der Waals surface area contributed by atoms with Crippen LogP contribution in [0.4, 0.5) is 0 Å². The zero-order valence-corrected chi connectivity index (χ0v) is 21.5. The van der Waals surface area contributed by atoms with Gasteiger partial charge in [-0.3, -0.25) is 0 Å². The topological polar surface area (TPSA) is 21.3 Å². The van der Waals surface area contributed by atoms with Gasteiger partial charge in [-0.25, -0.2) is 0 Å². The lowest BCUT2D eigenvalue weighted by Crippen LogP contribution is -2.25. The summed E-state index contributed by atoms with van der Waals surface area (Å²) in [5, 5.41) is 4.88. The smallest absolute Gasteiger partial charge is 0.126 e. The van der Waals surface area contributed by atoms with Gasteiger partial charge in [0.15, 0.2) is 0 Å². The van der Waals surface area contributed by atoms with Crippen molar-refractivity contribution in [2.45, 2.75) is 65.8 Å². The van der Waals surface area contributed by atoms with E-state index in [0.29, 0.717) is 15.2 Å². The van der Waals surface area contributed by atoms with Crippen molar-refractivity contribution in [1.82, 2.24) is 5.32 Å². The summed E-state index contributed by atoms with van der Waals surface area (Å²) in [5.74, 6) is 1.07. The van der Waals surface area contributed by atoms with Gasteiger partial charge in [0.05, 0.1) is 0 Å². The van der Waals surface area contributed by atoms with Crippen LogP contribution in [-0.2, 0) is 18.3 Å². The van der Waals surface area contributed by atoms with Crippen molar-refractivity contribution in [3.05, 3.63) is 94.0 Å². The molecule has 2 nitrogen and oxygen atoms in total. The number of rotatable bonds is 10. The highest BCUT2D eigenvalue weighted by atomic mass is 31.1. The molecule has 0 aliphatic heterocycles. The lowest BCUT2D eigenvalue weighted by molar-refractivity contribution is 0.296. The van der Waals surface area contributed by atoms with Gasteiger partial charge in [-0.05, 0) is 62.7 Å². The molecule has 32 heavy (non-hydrogen) atoms.